The Hall–Kier alpha value is -2.99. The summed E-state index contributed by atoms with van der Waals surface area (Å²) in [5, 5.41) is 9.13. The molecule has 0 fully saturated rings. The number of carbonyl (C=O) groups excluding carboxylic acids is 5. The number of nitrogens with zero attached hydrogens (tertiary/aromatic N) is 2. The predicted molar refractivity (Wildman–Crippen MR) is 117 cm³/mol. The van der Waals surface area contributed by atoms with Crippen LogP contribution in [0.1, 0.15) is 59.0 Å². The van der Waals surface area contributed by atoms with Gasteiger partial charge in [-0.15, -0.1) is 0 Å². The molecule has 0 saturated heterocycles. The molecular formula is C22H21BN2NaO8. The number of allylic oxidation sites excluding steroid dienone is 4. The van der Waals surface area contributed by atoms with Gasteiger partial charge in [0, 0.05) is 58.2 Å². The van der Waals surface area contributed by atoms with Crippen LogP contribution in [-0.2, 0) is 30.2 Å². The number of aliphatic hydroxyl groups is 1. The molecule has 12 heteroatoms. The molecule has 10 nitrogen and oxygen atoms in total. The van der Waals surface area contributed by atoms with Crippen LogP contribution in [0.4, 0.5) is 0 Å². The summed E-state index contributed by atoms with van der Waals surface area (Å²) < 4.78 is 12.7. The van der Waals surface area contributed by atoms with Crippen molar-refractivity contribution in [1.29, 1.82) is 0 Å². The van der Waals surface area contributed by atoms with E-state index < -0.39 is 5.78 Å². The summed E-state index contributed by atoms with van der Waals surface area (Å²) in [4.78, 5) is 58.0. The van der Waals surface area contributed by atoms with Crippen molar-refractivity contribution in [2.24, 2.45) is 14.1 Å². The molecule has 4 rings (SSSR count). The summed E-state index contributed by atoms with van der Waals surface area (Å²) in [6.07, 6.45) is 5.90. The number of aldehydes is 1. The molecule has 2 aromatic rings. The molecule has 0 unspecified atom stereocenters. The smallest absolute Gasteiger partial charge is 1.00 e. The molecule has 2 aliphatic carbocycles. The van der Waals surface area contributed by atoms with E-state index in [1.54, 1.807) is 24.9 Å². The zero-order valence-electron chi connectivity index (χ0n) is 20.4. The Morgan fingerprint density at radius 3 is 1.76 bits per heavy atom. The number of hydrogen-bond donors (Lipinski definition) is 1. The Bertz CT molecular complexity index is 1260. The number of aryl methyl sites for hydroxylation is 2. The van der Waals surface area contributed by atoms with Gasteiger partial charge in [0.2, 0.25) is 23.1 Å². The van der Waals surface area contributed by atoms with E-state index in [-0.39, 0.29) is 97.3 Å². The van der Waals surface area contributed by atoms with Gasteiger partial charge in [-0.2, -0.15) is 0 Å². The summed E-state index contributed by atoms with van der Waals surface area (Å²) in [5.41, 5.74) is 1.55. The van der Waals surface area contributed by atoms with Gasteiger partial charge in [-0.1, -0.05) is 0 Å². The Balaban J connectivity index is 0.000000608. The van der Waals surface area contributed by atoms with E-state index in [0.717, 1.165) is 6.08 Å². The topological polar surface area (TPSA) is 134 Å². The third-order valence-corrected chi connectivity index (χ3v) is 5.10. The number of carbonyl (C=O) groups is 5. The van der Waals surface area contributed by atoms with Crippen LogP contribution in [0, 0.1) is 0 Å². The Labute approximate surface area is 220 Å². The molecule has 0 spiro atoms. The fraction of sp³-hybridized carbons (Fsp3) is 0.227. The van der Waals surface area contributed by atoms with Crippen molar-refractivity contribution in [3.63, 3.8) is 0 Å². The van der Waals surface area contributed by atoms with E-state index in [9.17, 15) is 24.0 Å². The molecule has 0 aliphatic heterocycles. The first-order valence-corrected chi connectivity index (χ1v) is 9.33. The van der Waals surface area contributed by atoms with Crippen LogP contribution < -0.4 is 29.6 Å². The van der Waals surface area contributed by atoms with Crippen molar-refractivity contribution >= 4 is 37.8 Å². The largest absolute Gasteiger partial charge is 1.00 e. The Morgan fingerprint density at radius 2 is 1.32 bits per heavy atom. The SMILES string of the molecule is COC1=CC(=O)c2c(c(C=O)cn2C)C1=O.COC1=CC(=O)c2c(c(CO)cn2C)C1=O.[B].[H-].[Na+]. The van der Waals surface area contributed by atoms with Crippen LogP contribution in [0.25, 0.3) is 0 Å². The molecule has 0 bridgehead atoms. The molecular weight excluding hydrogens is 454 g/mol. The number of hydrogen-bond acceptors (Lipinski definition) is 8. The van der Waals surface area contributed by atoms with Gasteiger partial charge >= 0.3 is 29.6 Å². The minimum Gasteiger partial charge on any atom is -1.00 e. The summed E-state index contributed by atoms with van der Waals surface area (Å²) >= 11 is 0. The third kappa shape index (κ3) is 4.78. The average Bonchev–Trinajstić information content (AvgIpc) is 3.31. The number of rotatable bonds is 4. The monoisotopic (exact) mass is 475 g/mol. The van der Waals surface area contributed by atoms with E-state index in [1.165, 1.54) is 31.1 Å². The first-order chi connectivity index (χ1) is 15.2. The van der Waals surface area contributed by atoms with Crippen molar-refractivity contribution in [2.45, 2.75) is 6.61 Å². The van der Waals surface area contributed by atoms with Crippen LogP contribution in [-0.4, -0.2) is 66.3 Å². The van der Waals surface area contributed by atoms with Crippen molar-refractivity contribution in [3.8, 4) is 0 Å². The van der Waals surface area contributed by atoms with Gasteiger partial charge in [0.15, 0.2) is 17.8 Å². The quantitative estimate of drug-likeness (QED) is 0.393. The van der Waals surface area contributed by atoms with Crippen molar-refractivity contribution < 1.29 is 69.5 Å². The van der Waals surface area contributed by atoms with Gasteiger partial charge in [0.25, 0.3) is 0 Å². The van der Waals surface area contributed by atoms with Crippen molar-refractivity contribution in [3.05, 3.63) is 69.7 Å². The number of aliphatic hydroxyl groups excluding tert-OH is 1. The second-order valence-electron chi connectivity index (χ2n) is 7.00. The van der Waals surface area contributed by atoms with Crippen molar-refractivity contribution in [1.82, 2.24) is 9.13 Å². The fourth-order valence-electron chi connectivity index (χ4n) is 3.69. The second-order valence-corrected chi connectivity index (χ2v) is 7.00. The van der Waals surface area contributed by atoms with Crippen LogP contribution in [0.5, 0.6) is 0 Å². The number of ether oxygens (including phenoxy) is 2. The number of fused-ring (bicyclic) bond motifs is 2. The second kappa shape index (κ2) is 11.4. The van der Waals surface area contributed by atoms with Crippen LogP contribution >= 0.6 is 0 Å². The Morgan fingerprint density at radius 1 is 0.882 bits per heavy atom. The summed E-state index contributed by atoms with van der Waals surface area (Å²) in [6.45, 7) is -0.279. The van der Waals surface area contributed by atoms with E-state index >= 15 is 0 Å². The molecule has 34 heavy (non-hydrogen) atoms. The standard InChI is InChI=1S/C11H11NO4.C11H9NO4.B.Na.H/c2*1-12-4-6(5-13)9-10(12)7(14)3-8(16-2)11(9)15;;;/h3-4,13H,5H2,1-2H3;3-5H,1-2H3;;;/q;;;+1;-1. The van der Waals surface area contributed by atoms with E-state index in [4.69, 9.17) is 14.6 Å². The van der Waals surface area contributed by atoms with E-state index in [1.807, 2.05) is 0 Å². The van der Waals surface area contributed by atoms with Gasteiger partial charge in [0.05, 0.1) is 32.0 Å². The Kier molecular flexibility index (Phi) is 9.77. The number of methoxy groups -OCH3 is 2. The van der Waals surface area contributed by atoms with Gasteiger partial charge in [-0.05, 0) is 0 Å². The van der Waals surface area contributed by atoms with Crippen LogP contribution in [0.15, 0.2) is 36.1 Å². The molecule has 2 aromatic heterocycles. The molecule has 2 heterocycles. The van der Waals surface area contributed by atoms with Crippen LogP contribution in [0.2, 0.25) is 0 Å². The average molecular weight is 475 g/mol. The molecule has 3 radical (unpaired) electrons. The minimum atomic E-state index is -0.431. The molecule has 0 saturated carbocycles. The van der Waals surface area contributed by atoms with Gasteiger partial charge in [-0.25, -0.2) is 0 Å². The third-order valence-electron chi connectivity index (χ3n) is 5.10. The predicted octanol–water partition coefficient (Wildman–Crippen LogP) is -2.09. The maximum absolute atomic E-state index is 11.9. The van der Waals surface area contributed by atoms with Crippen LogP contribution in [0.3, 0.4) is 0 Å². The van der Waals surface area contributed by atoms with Gasteiger partial charge in [-0.3, -0.25) is 24.0 Å². The number of aromatic nitrogens is 2. The minimum absolute atomic E-state index is 0. The normalized spacial score (nSPS) is 13.8. The first-order valence-electron chi connectivity index (χ1n) is 9.33. The maximum Gasteiger partial charge on any atom is 1.00 e. The van der Waals surface area contributed by atoms with E-state index in [2.05, 4.69) is 0 Å². The summed E-state index contributed by atoms with van der Waals surface area (Å²) in [5.74, 6) is -1.43. The summed E-state index contributed by atoms with van der Waals surface area (Å²) in [7, 11) is 5.92. The molecule has 171 valence electrons. The fourth-order valence-corrected chi connectivity index (χ4v) is 3.69. The molecule has 0 aromatic carbocycles. The van der Waals surface area contributed by atoms with Crippen molar-refractivity contribution in [2.75, 3.05) is 14.2 Å². The van der Waals surface area contributed by atoms with Gasteiger partial charge in [0.1, 0.15) is 11.4 Å². The maximum atomic E-state index is 11.9. The zero-order chi connectivity index (χ0) is 23.7. The molecule has 2 aliphatic rings. The first kappa shape index (κ1) is 29.0. The van der Waals surface area contributed by atoms with Gasteiger partial charge < -0.3 is 25.1 Å². The zero-order valence-corrected chi connectivity index (χ0v) is 21.4. The van der Waals surface area contributed by atoms with E-state index in [0.29, 0.717) is 17.5 Å². The molecule has 1 N–H and O–H groups in total. The molecule has 0 amide bonds. The summed E-state index contributed by atoms with van der Waals surface area (Å²) in [6, 6.07) is 0. The molecule has 0 atom stereocenters. The number of Topliss-reactive ketones (excluding diaryl/α,β-unsaturated/α-hetero) is 2. The number of ketones is 4.